The van der Waals surface area contributed by atoms with Gasteiger partial charge in [-0.25, -0.2) is 0 Å². The number of ketones is 1. The van der Waals surface area contributed by atoms with Crippen LogP contribution in [0, 0.1) is 12.8 Å². The maximum atomic E-state index is 11.8. The lowest BCUT2D eigenvalue weighted by atomic mass is 9.90. The number of carbonyl (C=O) groups excluding carboxylic acids is 1. The van der Waals surface area contributed by atoms with Gasteiger partial charge in [-0.1, -0.05) is 6.92 Å². The molecule has 124 valence electrons. The number of Topliss-reactive ketones (excluding diaryl/α,β-unsaturated/α-hetero) is 1. The van der Waals surface area contributed by atoms with E-state index in [1.807, 2.05) is 6.07 Å². The maximum absolute atomic E-state index is 11.8. The Morgan fingerprint density at radius 2 is 2.13 bits per heavy atom. The number of aromatic amines is 1. The van der Waals surface area contributed by atoms with Crippen LogP contribution in [0.4, 0.5) is 0 Å². The fourth-order valence-corrected chi connectivity index (χ4v) is 3.65. The van der Waals surface area contributed by atoms with E-state index in [-0.39, 0.29) is 5.92 Å². The Hall–Kier alpha value is -1.81. The van der Waals surface area contributed by atoms with Crippen LogP contribution in [0.25, 0.3) is 10.9 Å². The first-order valence-corrected chi connectivity index (χ1v) is 8.43. The molecule has 1 aromatic heterocycles. The number of aromatic nitrogens is 1. The van der Waals surface area contributed by atoms with Gasteiger partial charge in [-0.2, -0.15) is 0 Å². The van der Waals surface area contributed by atoms with E-state index in [1.165, 1.54) is 16.6 Å². The van der Waals surface area contributed by atoms with E-state index in [1.54, 1.807) is 7.11 Å². The number of rotatable bonds is 4. The highest BCUT2D eigenvalue weighted by molar-refractivity contribution is 5.86. The van der Waals surface area contributed by atoms with Crippen LogP contribution in [0.2, 0.25) is 0 Å². The molecular weight excluding hydrogens is 288 g/mol. The summed E-state index contributed by atoms with van der Waals surface area (Å²) in [6, 6.07) is 6.51. The standard InChI is InChI=1S/C19H26N2O2/c1-12-14(3)21(10-8-19(12)22)9-7-16-13(2)20-18-6-5-15(23-4)11-17(16)18/h5-6,11-12,14,20H,7-10H2,1-4H3/t12-,14-/m1/s1. The van der Waals surface area contributed by atoms with Gasteiger partial charge in [-0.15, -0.1) is 0 Å². The van der Waals surface area contributed by atoms with E-state index in [9.17, 15) is 4.79 Å². The van der Waals surface area contributed by atoms with Gasteiger partial charge < -0.3 is 9.72 Å². The number of piperidine rings is 1. The van der Waals surface area contributed by atoms with E-state index >= 15 is 0 Å². The predicted molar refractivity (Wildman–Crippen MR) is 93.1 cm³/mol. The van der Waals surface area contributed by atoms with E-state index < -0.39 is 0 Å². The number of nitrogens with zero attached hydrogens (tertiary/aromatic N) is 1. The quantitative estimate of drug-likeness (QED) is 0.941. The highest BCUT2D eigenvalue weighted by atomic mass is 16.5. The van der Waals surface area contributed by atoms with Gasteiger partial charge in [0.15, 0.2) is 0 Å². The van der Waals surface area contributed by atoms with Gasteiger partial charge in [0.05, 0.1) is 7.11 Å². The number of carbonyl (C=O) groups is 1. The first-order chi connectivity index (χ1) is 11.0. The van der Waals surface area contributed by atoms with E-state index in [2.05, 4.69) is 42.8 Å². The summed E-state index contributed by atoms with van der Waals surface area (Å²) < 4.78 is 5.36. The van der Waals surface area contributed by atoms with Crippen LogP contribution in [0.5, 0.6) is 5.75 Å². The van der Waals surface area contributed by atoms with Crippen molar-refractivity contribution in [2.45, 2.75) is 39.7 Å². The predicted octanol–water partition coefficient (Wildman–Crippen LogP) is 3.33. The Morgan fingerprint density at radius 1 is 1.35 bits per heavy atom. The van der Waals surface area contributed by atoms with Crippen LogP contribution >= 0.6 is 0 Å². The fraction of sp³-hybridized carbons (Fsp3) is 0.526. The number of benzene rings is 1. The second kappa shape index (κ2) is 6.36. The molecule has 0 unspecified atom stereocenters. The number of fused-ring (bicyclic) bond motifs is 1. The third kappa shape index (κ3) is 3.00. The molecule has 1 saturated heterocycles. The Morgan fingerprint density at radius 3 is 2.87 bits per heavy atom. The van der Waals surface area contributed by atoms with Crippen molar-refractivity contribution in [1.29, 1.82) is 0 Å². The molecule has 0 spiro atoms. The molecule has 1 aromatic carbocycles. The largest absolute Gasteiger partial charge is 0.497 e. The molecule has 3 rings (SSSR count). The molecule has 2 heterocycles. The van der Waals surface area contributed by atoms with Crippen molar-refractivity contribution in [2.24, 2.45) is 5.92 Å². The summed E-state index contributed by atoms with van der Waals surface area (Å²) in [4.78, 5) is 17.8. The molecule has 0 bridgehead atoms. The average Bonchev–Trinajstić information content (AvgIpc) is 2.86. The van der Waals surface area contributed by atoms with Gasteiger partial charge in [0.2, 0.25) is 0 Å². The van der Waals surface area contributed by atoms with Crippen molar-refractivity contribution < 1.29 is 9.53 Å². The summed E-state index contributed by atoms with van der Waals surface area (Å²) in [5.74, 6) is 1.44. The number of hydrogen-bond acceptors (Lipinski definition) is 3. The van der Waals surface area contributed by atoms with Gasteiger partial charge in [-0.3, -0.25) is 9.69 Å². The minimum absolute atomic E-state index is 0.146. The summed E-state index contributed by atoms with van der Waals surface area (Å²) >= 11 is 0. The van der Waals surface area contributed by atoms with Crippen LogP contribution < -0.4 is 4.74 Å². The van der Waals surface area contributed by atoms with Gasteiger partial charge in [0.25, 0.3) is 0 Å². The normalized spacial score (nSPS) is 22.7. The molecule has 1 aliphatic rings. The molecule has 1 aliphatic heterocycles. The number of likely N-dealkylation sites (tertiary alicyclic amines) is 1. The second-order valence-electron chi connectivity index (χ2n) is 6.67. The summed E-state index contributed by atoms with van der Waals surface area (Å²) in [7, 11) is 1.70. The zero-order valence-electron chi connectivity index (χ0n) is 14.5. The number of nitrogens with one attached hydrogen (secondary N) is 1. The van der Waals surface area contributed by atoms with E-state index in [0.717, 1.165) is 30.8 Å². The lowest BCUT2D eigenvalue weighted by Gasteiger charge is -2.37. The topological polar surface area (TPSA) is 45.3 Å². The van der Waals surface area contributed by atoms with E-state index in [4.69, 9.17) is 4.74 Å². The van der Waals surface area contributed by atoms with Crippen LogP contribution in [-0.4, -0.2) is 41.9 Å². The molecule has 2 atom stereocenters. The molecule has 0 aliphatic carbocycles. The smallest absolute Gasteiger partial charge is 0.138 e. The number of H-pyrrole nitrogens is 1. The summed E-state index contributed by atoms with van der Waals surface area (Å²) in [5, 5.41) is 1.25. The van der Waals surface area contributed by atoms with Crippen LogP contribution in [0.1, 0.15) is 31.5 Å². The lowest BCUT2D eigenvalue weighted by molar-refractivity contribution is -0.127. The van der Waals surface area contributed by atoms with Gasteiger partial charge >= 0.3 is 0 Å². The van der Waals surface area contributed by atoms with Gasteiger partial charge in [-0.05, 0) is 44.0 Å². The zero-order chi connectivity index (χ0) is 16.6. The Bertz CT molecular complexity index is 719. The van der Waals surface area contributed by atoms with Crippen LogP contribution in [0.3, 0.4) is 0 Å². The molecule has 4 nitrogen and oxygen atoms in total. The van der Waals surface area contributed by atoms with Crippen molar-refractivity contribution in [1.82, 2.24) is 9.88 Å². The first kappa shape index (κ1) is 16.1. The minimum Gasteiger partial charge on any atom is -0.497 e. The summed E-state index contributed by atoms with van der Waals surface area (Å²) in [6.45, 7) is 8.24. The molecule has 23 heavy (non-hydrogen) atoms. The highest BCUT2D eigenvalue weighted by Gasteiger charge is 2.30. The number of ether oxygens (including phenoxy) is 1. The highest BCUT2D eigenvalue weighted by Crippen LogP contribution is 2.28. The molecule has 2 aromatic rings. The molecular formula is C19H26N2O2. The molecule has 0 amide bonds. The lowest BCUT2D eigenvalue weighted by Crippen LogP contribution is -2.47. The summed E-state index contributed by atoms with van der Waals surface area (Å²) in [6.07, 6.45) is 1.68. The maximum Gasteiger partial charge on any atom is 0.138 e. The van der Waals surface area contributed by atoms with Gasteiger partial charge in [0.1, 0.15) is 11.5 Å². The average molecular weight is 314 g/mol. The van der Waals surface area contributed by atoms with Crippen LogP contribution in [-0.2, 0) is 11.2 Å². The number of hydrogen-bond donors (Lipinski definition) is 1. The van der Waals surface area contributed by atoms with E-state index in [0.29, 0.717) is 18.2 Å². The van der Waals surface area contributed by atoms with Crippen molar-refractivity contribution in [3.63, 3.8) is 0 Å². The second-order valence-corrected chi connectivity index (χ2v) is 6.67. The van der Waals surface area contributed by atoms with Crippen molar-refractivity contribution in [3.05, 3.63) is 29.5 Å². The molecule has 0 radical (unpaired) electrons. The summed E-state index contributed by atoms with van der Waals surface area (Å²) in [5.41, 5.74) is 3.74. The van der Waals surface area contributed by atoms with Gasteiger partial charge in [0, 0.05) is 48.1 Å². The molecule has 4 heteroatoms. The molecule has 1 fully saturated rings. The van der Waals surface area contributed by atoms with Crippen molar-refractivity contribution in [3.8, 4) is 5.75 Å². The Labute approximate surface area is 137 Å². The van der Waals surface area contributed by atoms with Crippen molar-refractivity contribution in [2.75, 3.05) is 20.2 Å². The molecule has 1 N–H and O–H groups in total. The minimum atomic E-state index is 0.146. The first-order valence-electron chi connectivity index (χ1n) is 8.43. The SMILES string of the molecule is COc1ccc2[nH]c(C)c(CCN3CCC(=O)[C@H](C)[C@H]3C)c2c1. The van der Waals surface area contributed by atoms with Crippen LogP contribution in [0.15, 0.2) is 18.2 Å². The molecule has 0 saturated carbocycles. The Kier molecular flexibility index (Phi) is 4.44. The number of methoxy groups -OCH3 is 1. The monoisotopic (exact) mass is 314 g/mol. The zero-order valence-corrected chi connectivity index (χ0v) is 14.5. The third-order valence-electron chi connectivity index (χ3n) is 5.43. The fourth-order valence-electron chi connectivity index (χ4n) is 3.65. The Balaban J connectivity index is 1.79. The van der Waals surface area contributed by atoms with Crippen molar-refractivity contribution >= 4 is 16.7 Å². The number of aryl methyl sites for hydroxylation is 1. The third-order valence-corrected chi connectivity index (χ3v) is 5.43.